The molecule has 0 atom stereocenters. The monoisotopic (exact) mass is 537 g/mol. The van der Waals surface area contributed by atoms with Crippen molar-refractivity contribution in [3.63, 3.8) is 0 Å². The Morgan fingerprint density at radius 2 is 1.51 bits per heavy atom. The summed E-state index contributed by atoms with van der Waals surface area (Å²) in [6.07, 6.45) is 6.37. The van der Waals surface area contributed by atoms with Gasteiger partial charge in [-0.15, -0.1) is 23.7 Å². The van der Waals surface area contributed by atoms with E-state index < -0.39 is 0 Å². The largest absolute Gasteiger partial charge is 0.497 e. The van der Waals surface area contributed by atoms with Gasteiger partial charge in [-0.2, -0.15) is 0 Å². The van der Waals surface area contributed by atoms with Crippen molar-refractivity contribution in [3.8, 4) is 38.8 Å². The van der Waals surface area contributed by atoms with Crippen molar-refractivity contribution in [1.29, 1.82) is 0 Å². The van der Waals surface area contributed by atoms with E-state index in [1.54, 1.807) is 25.6 Å². The van der Waals surface area contributed by atoms with Crippen LogP contribution in [0.5, 0.6) is 17.2 Å². The zero-order valence-electron chi connectivity index (χ0n) is 21.7. The molecule has 4 aromatic rings. The molecular weight excluding hydrogens is 502 g/mol. The number of methoxy groups -OCH3 is 2. The highest BCUT2D eigenvalue weighted by Gasteiger charge is 2.17. The smallest absolute Gasteiger partial charge is 0.120 e. The van der Waals surface area contributed by atoms with Crippen molar-refractivity contribution in [1.82, 2.24) is 4.90 Å². The first kappa shape index (κ1) is 27.3. The lowest BCUT2D eigenvalue weighted by Gasteiger charge is -2.26. The van der Waals surface area contributed by atoms with Gasteiger partial charge in [-0.1, -0.05) is 18.6 Å². The molecule has 37 heavy (non-hydrogen) atoms. The predicted molar refractivity (Wildman–Crippen MR) is 158 cm³/mol. The fourth-order valence-electron chi connectivity index (χ4n) is 4.99. The first-order valence-corrected chi connectivity index (χ1v) is 13.8. The zero-order chi connectivity index (χ0) is 24.7. The Balaban J connectivity index is 0.00000320. The third-order valence-electron chi connectivity index (χ3n) is 6.96. The van der Waals surface area contributed by atoms with Gasteiger partial charge in [0.15, 0.2) is 0 Å². The molecule has 0 aliphatic carbocycles. The lowest BCUT2D eigenvalue weighted by Crippen LogP contribution is -2.30. The van der Waals surface area contributed by atoms with Crippen molar-refractivity contribution in [2.45, 2.75) is 32.1 Å². The molecular formula is C31H36ClNO3S. The Labute approximate surface area is 230 Å². The van der Waals surface area contributed by atoms with Crippen LogP contribution in [-0.2, 0) is 0 Å². The number of thiophene rings is 1. The molecule has 0 saturated carbocycles. The summed E-state index contributed by atoms with van der Waals surface area (Å²) in [7, 11) is 3.42. The Hall–Kier alpha value is -2.73. The minimum absolute atomic E-state index is 0. The molecule has 4 nitrogen and oxygen atoms in total. The summed E-state index contributed by atoms with van der Waals surface area (Å²) >= 11 is 1.79. The second-order valence-electron chi connectivity index (χ2n) is 9.38. The summed E-state index contributed by atoms with van der Waals surface area (Å²) < 4.78 is 18.3. The molecule has 0 spiro atoms. The molecule has 1 aliphatic rings. The van der Waals surface area contributed by atoms with Crippen molar-refractivity contribution in [2.75, 3.05) is 40.5 Å². The highest BCUT2D eigenvalue weighted by atomic mass is 35.5. The van der Waals surface area contributed by atoms with Gasteiger partial charge < -0.3 is 19.1 Å². The number of unbranched alkanes of at least 4 members (excludes halogenated alkanes) is 1. The number of piperidine rings is 1. The van der Waals surface area contributed by atoms with Gasteiger partial charge in [-0.25, -0.2) is 0 Å². The molecule has 0 amide bonds. The maximum Gasteiger partial charge on any atom is 0.120 e. The van der Waals surface area contributed by atoms with Crippen LogP contribution in [-0.4, -0.2) is 45.4 Å². The molecule has 2 heterocycles. The van der Waals surface area contributed by atoms with Crippen LogP contribution in [0.1, 0.15) is 32.1 Å². The number of nitrogens with zero attached hydrogens (tertiary/aromatic N) is 1. The van der Waals surface area contributed by atoms with E-state index in [0.29, 0.717) is 0 Å². The van der Waals surface area contributed by atoms with E-state index in [4.69, 9.17) is 14.2 Å². The molecule has 6 heteroatoms. The lowest BCUT2D eigenvalue weighted by molar-refractivity contribution is 0.216. The molecule has 5 rings (SSSR count). The zero-order valence-corrected chi connectivity index (χ0v) is 23.3. The lowest BCUT2D eigenvalue weighted by atomic mass is 9.98. The highest BCUT2D eigenvalue weighted by Crippen LogP contribution is 2.46. The van der Waals surface area contributed by atoms with E-state index in [1.165, 1.54) is 77.0 Å². The van der Waals surface area contributed by atoms with E-state index in [0.717, 1.165) is 30.3 Å². The Kier molecular flexibility index (Phi) is 9.73. The van der Waals surface area contributed by atoms with Crippen molar-refractivity contribution >= 4 is 33.8 Å². The fraction of sp³-hybridized carbons (Fsp3) is 0.355. The van der Waals surface area contributed by atoms with Crippen LogP contribution < -0.4 is 14.2 Å². The minimum Gasteiger partial charge on any atom is -0.497 e. The van der Waals surface area contributed by atoms with E-state index in [1.807, 2.05) is 18.2 Å². The third-order valence-corrected chi connectivity index (χ3v) is 8.16. The molecule has 0 unspecified atom stereocenters. The van der Waals surface area contributed by atoms with Crippen LogP contribution in [0.4, 0.5) is 0 Å². The van der Waals surface area contributed by atoms with Crippen LogP contribution in [0.15, 0.2) is 66.7 Å². The number of hydrogen-bond acceptors (Lipinski definition) is 5. The molecule has 1 aliphatic heterocycles. The number of halogens is 1. The Bertz CT molecular complexity index is 1280. The van der Waals surface area contributed by atoms with Gasteiger partial charge in [-0.05, 0) is 111 Å². The molecule has 1 fully saturated rings. The fourth-order valence-corrected chi connectivity index (χ4v) is 6.25. The molecule has 3 aromatic carbocycles. The molecule has 0 N–H and O–H groups in total. The molecule has 1 aromatic heterocycles. The van der Waals surface area contributed by atoms with Crippen LogP contribution in [0.3, 0.4) is 0 Å². The number of ether oxygens (including phenoxy) is 3. The Morgan fingerprint density at radius 3 is 2.27 bits per heavy atom. The van der Waals surface area contributed by atoms with Crippen LogP contribution >= 0.6 is 23.7 Å². The maximum absolute atomic E-state index is 6.21. The Morgan fingerprint density at radius 1 is 0.757 bits per heavy atom. The van der Waals surface area contributed by atoms with Crippen molar-refractivity contribution in [3.05, 3.63) is 66.7 Å². The third kappa shape index (κ3) is 6.59. The summed E-state index contributed by atoms with van der Waals surface area (Å²) in [6.45, 7) is 4.48. The van der Waals surface area contributed by atoms with Gasteiger partial charge in [-0.3, -0.25) is 0 Å². The predicted octanol–water partition coefficient (Wildman–Crippen LogP) is 8.32. The van der Waals surface area contributed by atoms with Gasteiger partial charge in [0.25, 0.3) is 0 Å². The number of rotatable bonds is 10. The molecule has 0 radical (unpaired) electrons. The molecule has 1 saturated heterocycles. The highest BCUT2D eigenvalue weighted by molar-refractivity contribution is 7.23. The van der Waals surface area contributed by atoms with Gasteiger partial charge in [0.1, 0.15) is 17.2 Å². The topological polar surface area (TPSA) is 30.9 Å². The summed E-state index contributed by atoms with van der Waals surface area (Å²) in [5.74, 6) is 2.66. The second-order valence-corrected chi connectivity index (χ2v) is 10.4. The number of likely N-dealkylation sites (tertiary alicyclic amines) is 1. The van der Waals surface area contributed by atoms with Gasteiger partial charge >= 0.3 is 0 Å². The maximum atomic E-state index is 6.21. The van der Waals surface area contributed by atoms with E-state index >= 15 is 0 Å². The minimum atomic E-state index is 0. The van der Waals surface area contributed by atoms with Crippen molar-refractivity contribution in [2.24, 2.45) is 0 Å². The summed E-state index contributed by atoms with van der Waals surface area (Å²) in [5.41, 5.74) is 3.58. The first-order valence-electron chi connectivity index (χ1n) is 13.0. The number of fused-ring (bicyclic) bond motifs is 1. The molecule has 0 bridgehead atoms. The normalized spacial score (nSPS) is 13.8. The first-order chi connectivity index (χ1) is 17.7. The van der Waals surface area contributed by atoms with Gasteiger partial charge in [0.2, 0.25) is 0 Å². The van der Waals surface area contributed by atoms with Gasteiger partial charge in [0, 0.05) is 20.5 Å². The average molecular weight is 538 g/mol. The SMILES string of the molecule is COc1ccc(-c2sc3cc(OC)ccc3c2-c2cccc(OCCCCN3CCCCC3)c2)cc1.Cl. The van der Waals surface area contributed by atoms with E-state index in [2.05, 4.69) is 53.4 Å². The molecule has 196 valence electrons. The van der Waals surface area contributed by atoms with Crippen LogP contribution in [0.2, 0.25) is 0 Å². The number of benzene rings is 3. The van der Waals surface area contributed by atoms with Gasteiger partial charge in [0.05, 0.1) is 20.8 Å². The summed E-state index contributed by atoms with van der Waals surface area (Å²) in [4.78, 5) is 3.83. The standard InChI is InChI=1S/C31H35NO3S.ClH/c1-33-25-13-11-23(12-14-25)31-30(28-16-15-26(34-2)22-29(28)36-31)24-9-8-10-27(21-24)35-20-7-6-19-32-17-4-3-5-18-32;/h8-16,21-22H,3-7,17-20H2,1-2H3;1H. The van der Waals surface area contributed by atoms with E-state index in [9.17, 15) is 0 Å². The van der Waals surface area contributed by atoms with Crippen LogP contribution in [0.25, 0.3) is 31.7 Å². The van der Waals surface area contributed by atoms with Crippen molar-refractivity contribution < 1.29 is 14.2 Å². The summed E-state index contributed by atoms with van der Waals surface area (Å²) in [6, 6.07) is 23.2. The average Bonchev–Trinajstić information content (AvgIpc) is 3.32. The quantitative estimate of drug-likeness (QED) is 0.190. The van der Waals surface area contributed by atoms with E-state index in [-0.39, 0.29) is 12.4 Å². The number of hydrogen-bond donors (Lipinski definition) is 0. The summed E-state index contributed by atoms with van der Waals surface area (Å²) in [5, 5.41) is 1.23. The second kappa shape index (κ2) is 13.2. The van der Waals surface area contributed by atoms with Crippen LogP contribution in [0, 0.1) is 0 Å².